The predicted molar refractivity (Wildman–Crippen MR) is 69.8 cm³/mol. The summed E-state index contributed by atoms with van der Waals surface area (Å²) >= 11 is 0. The number of pyridine rings is 1. The molecule has 2 heterocycles. The van der Waals surface area contributed by atoms with E-state index in [0.717, 1.165) is 25.3 Å². The van der Waals surface area contributed by atoms with Crippen LogP contribution in [0.1, 0.15) is 12.8 Å². The van der Waals surface area contributed by atoms with Gasteiger partial charge >= 0.3 is 0 Å². The molecule has 0 saturated carbocycles. The Balaban J connectivity index is 2.09. The van der Waals surface area contributed by atoms with E-state index in [0.29, 0.717) is 6.04 Å². The number of hydrogen-bond acceptors (Lipinski definition) is 5. The van der Waals surface area contributed by atoms with Crippen LogP contribution in [0.3, 0.4) is 0 Å². The smallest absolute Gasteiger partial charge is 0.287 e. The molecule has 0 spiro atoms. The molecule has 1 atom stereocenters. The minimum atomic E-state index is -0.421. The topological polar surface area (TPSA) is 62.5 Å². The molecule has 1 aromatic heterocycles. The van der Waals surface area contributed by atoms with E-state index in [-0.39, 0.29) is 5.69 Å². The van der Waals surface area contributed by atoms with Crippen LogP contribution in [0.4, 0.5) is 11.5 Å². The molecule has 0 N–H and O–H groups in total. The molecule has 2 rings (SSSR count). The van der Waals surface area contributed by atoms with Gasteiger partial charge in [0.1, 0.15) is 12.0 Å². The van der Waals surface area contributed by atoms with E-state index in [1.165, 1.54) is 18.7 Å². The van der Waals surface area contributed by atoms with Crippen LogP contribution in [0, 0.1) is 10.1 Å². The first kappa shape index (κ1) is 12.8. The Morgan fingerprint density at radius 3 is 2.83 bits per heavy atom. The van der Waals surface area contributed by atoms with E-state index in [1.807, 2.05) is 0 Å². The maximum absolute atomic E-state index is 10.6. The lowest BCUT2D eigenvalue weighted by molar-refractivity contribution is -0.385. The molecule has 0 bridgehead atoms. The molecule has 1 aromatic rings. The number of anilines is 1. The molecule has 0 aliphatic carbocycles. The van der Waals surface area contributed by atoms with Crippen molar-refractivity contribution in [2.75, 3.05) is 32.1 Å². The lowest BCUT2D eigenvalue weighted by Gasteiger charge is -2.36. The van der Waals surface area contributed by atoms with Crippen molar-refractivity contribution in [3.63, 3.8) is 0 Å². The second kappa shape index (κ2) is 5.30. The lowest BCUT2D eigenvalue weighted by Crippen LogP contribution is -2.45. The fourth-order valence-corrected chi connectivity index (χ4v) is 2.26. The molecule has 1 saturated heterocycles. The summed E-state index contributed by atoms with van der Waals surface area (Å²) in [5, 5.41) is 10.6. The summed E-state index contributed by atoms with van der Waals surface area (Å²) in [6.07, 6.45) is 3.65. The number of rotatable bonds is 3. The fraction of sp³-hybridized carbons (Fsp3) is 0.583. The summed E-state index contributed by atoms with van der Waals surface area (Å²) in [5.74, 6) is 0.826. The maximum Gasteiger partial charge on any atom is 0.287 e. The average molecular weight is 250 g/mol. The Bertz CT molecular complexity index is 419. The van der Waals surface area contributed by atoms with E-state index in [9.17, 15) is 10.1 Å². The highest BCUT2D eigenvalue weighted by Crippen LogP contribution is 2.21. The Hall–Kier alpha value is -1.69. The first-order valence-corrected chi connectivity index (χ1v) is 6.10. The fourth-order valence-electron chi connectivity index (χ4n) is 2.26. The minimum Gasteiger partial charge on any atom is -0.355 e. The van der Waals surface area contributed by atoms with Crippen LogP contribution in [0.25, 0.3) is 0 Å². The highest BCUT2D eigenvalue weighted by atomic mass is 16.6. The van der Waals surface area contributed by atoms with Gasteiger partial charge in [0, 0.05) is 25.2 Å². The van der Waals surface area contributed by atoms with Gasteiger partial charge in [-0.05, 0) is 33.0 Å². The van der Waals surface area contributed by atoms with Gasteiger partial charge in [-0.25, -0.2) is 4.98 Å². The average Bonchev–Trinajstić information content (AvgIpc) is 2.39. The van der Waals surface area contributed by atoms with E-state index >= 15 is 0 Å². The molecular weight excluding hydrogens is 232 g/mol. The molecule has 0 aromatic carbocycles. The van der Waals surface area contributed by atoms with Gasteiger partial charge < -0.3 is 9.80 Å². The largest absolute Gasteiger partial charge is 0.355 e. The molecule has 1 unspecified atom stereocenters. The van der Waals surface area contributed by atoms with Gasteiger partial charge in [0.25, 0.3) is 5.69 Å². The standard InChI is InChI=1S/C12H18N4O2/c1-14(2)11-4-3-7-15(9-11)12-6-5-10(8-13-12)16(17)18/h5-6,8,11H,3-4,7,9H2,1-2H3. The second-order valence-electron chi connectivity index (χ2n) is 4.84. The number of piperidine rings is 1. The van der Waals surface area contributed by atoms with Crippen molar-refractivity contribution in [2.24, 2.45) is 0 Å². The quantitative estimate of drug-likeness (QED) is 0.601. The molecule has 0 amide bonds. The van der Waals surface area contributed by atoms with Crippen molar-refractivity contribution in [2.45, 2.75) is 18.9 Å². The SMILES string of the molecule is CN(C)C1CCCN(c2ccc([N+](=O)[O-])cn2)C1. The van der Waals surface area contributed by atoms with E-state index < -0.39 is 4.92 Å². The first-order chi connectivity index (χ1) is 8.58. The third-order valence-corrected chi connectivity index (χ3v) is 3.39. The van der Waals surface area contributed by atoms with Crippen molar-refractivity contribution < 1.29 is 4.92 Å². The van der Waals surface area contributed by atoms with Crippen molar-refractivity contribution >= 4 is 11.5 Å². The normalized spacial score (nSPS) is 20.2. The van der Waals surface area contributed by atoms with Gasteiger partial charge in [-0.15, -0.1) is 0 Å². The van der Waals surface area contributed by atoms with Crippen LogP contribution in [-0.4, -0.2) is 48.0 Å². The van der Waals surface area contributed by atoms with Crippen LogP contribution in [0.2, 0.25) is 0 Å². The first-order valence-electron chi connectivity index (χ1n) is 6.10. The van der Waals surface area contributed by atoms with Crippen molar-refractivity contribution in [1.29, 1.82) is 0 Å². The van der Waals surface area contributed by atoms with Crippen molar-refractivity contribution in [1.82, 2.24) is 9.88 Å². The van der Waals surface area contributed by atoms with Crippen molar-refractivity contribution in [3.8, 4) is 0 Å². The zero-order valence-corrected chi connectivity index (χ0v) is 10.7. The van der Waals surface area contributed by atoms with Crippen LogP contribution in [-0.2, 0) is 0 Å². The van der Waals surface area contributed by atoms with Crippen LogP contribution < -0.4 is 4.90 Å². The molecule has 1 fully saturated rings. The number of hydrogen-bond donors (Lipinski definition) is 0. The molecular formula is C12H18N4O2. The predicted octanol–water partition coefficient (Wildman–Crippen LogP) is 1.52. The minimum absolute atomic E-state index is 0.0416. The van der Waals surface area contributed by atoms with Gasteiger partial charge in [-0.2, -0.15) is 0 Å². The molecule has 1 aliphatic heterocycles. The van der Waals surface area contributed by atoms with E-state index in [2.05, 4.69) is 28.9 Å². The zero-order chi connectivity index (χ0) is 13.1. The molecule has 0 radical (unpaired) electrons. The molecule has 6 nitrogen and oxygen atoms in total. The van der Waals surface area contributed by atoms with Gasteiger partial charge in [-0.3, -0.25) is 10.1 Å². The third kappa shape index (κ3) is 2.76. The summed E-state index contributed by atoms with van der Waals surface area (Å²) in [7, 11) is 4.16. The highest BCUT2D eigenvalue weighted by molar-refractivity contribution is 5.43. The van der Waals surface area contributed by atoms with Gasteiger partial charge in [-0.1, -0.05) is 0 Å². The molecule has 18 heavy (non-hydrogen) atoms. The number of nitrogens with zero attached hydrogens (tertiary/aromatic N) is 4. The van der Waals surface area contributed by atoms with E-state index in [1.54, 1.807) is 6.07 Å². The van der Waals surface area contributed by atoms with Gasteiger partial charge in [0.15, 0.2) is 0 Å². The summed E-state index contributed by atoms with van der Waals surface area (Å²) in [6, 6.07) is 3.77. The Morgan fingerprint density at radius 1 is 1.50 bits per heavy atom. The summed E-state index contributed by atoms with van der Waals surface area (Å²) in [5.41, 5.74) is 0.0416. The number of likely N-dealkylation sites (N-methyl/N-ethyl adjacent to an activating group) is 1. The molecule has 6 heteroatoms. The van der Waals surface area contributed by atoms with Crippen LogP contribution in [0.5, 0.6) is 0 Å². The summed E-state index contributed by atoms with van der Waals surface area (Å²) < 4.78 is 0. The highest BCUT2D eigenvalue weighted by Gasteiger charge is 2.22. The maximum atomic E-state index is 10.6. The monoisotopic (exact) mass is 250 g/mol. The van der Waals surface area contributed by atoms with E-state index in [4.69, 9.17) is 0 Å². The van der Waals surface area contributed by atoms with Crippen molar-refractivity contribution in [3.05, 3.63) is 28.4 Å². The second-order valence-corrected chi connectivity index (χ2v) is 4.84. The summed E-state index contributed by atoms with van der Waals surface area (Å²) in [4.78, 5) is 18.7. The Morgan fingerprint density at radius 2 is 2.28 bits per heavy atom. The van der Waals surface area contributed by atoms with Gasteiger partial charge in [0.2, 0.25) is 0 Å². The Kier molecular flexibility index (Phi) is 3.76. The number of aromatic nitrogens is 1. The third-order valence-electron chi connectivity index (χ3n) is 3.39. The van der Waals surface area contributed by atoms with Gasteiger partial charge in [0.05, 0.1) is 4.92 Å². The Labute approximate surface area is 106 Å². The summed E-state index contributed by atoms with van der Waals surface area (Å²) in [6.45, 7) is 1.90. The zero-order valence-electron chi connectivity index (χ0n) is 10.7. The molecule has 98 valence electrons. The number of nitro groups is 1. The van der Waals surface area contributed by atoms with Crippen LogP contribution in [0.15, 0.2) is 18.3 Å². The lowest BCUT2D eigenvalue weighted by atomic mass is 10.1. The van der Waals surface area contributed by atoms with Crippen LogP contribution >= 0.6 is 0 Å². The molecule has 1 aliphatic rings.